The molecule has 0 aliphatic carbocycles. The van der Waals surface area contributed by atoms with Gasteiger partial charge in [0.05, 0.1) is 5.69 Å². The first-order valence-corrected chi connectivity index (χ1v) is 8.98. The molecule has 2 heterocycles. The van der Waals surface area contributed by atoms with Crippen LogP contribution in [0, 0.1) is 6.92 Å². The highest BCUT2D eigenvalue weighted by atomic mass is 35.5. The molecular formula is C17H20ClN3OS. The third kappa shape index (κ3) is 3.57. The predicted molar refractivity (Wildman–Crippen MR) is 95.3 cm³/mol. The van der Waals surface area contributed by atoms with Crippen LogP contribution in [0.25, 0.3) is 10.6 Å². The summed E-state index contributed by atoms with van der Waals surface area (Å²) in [6, 6.07) is 7.95. The van der Waals surface area contributed by atoms with E-state index in [-0.39, 0.29) is 5.91 Å². The molecule has 1 aliphatic heterocycles. The van der Waals surface area contributed by atoms with Crippen LogP contribution in [0.2, 0.25) is 5.02 Å². The number of rotatable bonds is 3. The van der Waals surface area contributed by atoms with Gasteiger partial charge in [-0.1, -0.05) is 23.7 Å². The van der Waals surface area contributed by atoms with E-state index in [1.165, 1.54) is 11.3 Å². The zero-order valence-electron chi connectivity index (χ0n) is 13.3. The third-order valence-electron chi connectivity index (χ3n) is 4.20. The second-order valence-electron chi connectivity index (χ2n) is 5.82. The molecule has 2 aromatic rings. The van der Waals surface area contributed by atoms with E-state index in [2.05, 4.69) is 10.3 Å². The molecular weight excluding hydrogens is 330 g/mol. The van der Waals surface area contributed by atoms with E-state index in [1.54, 1.807) is 0 Å². The van der Waals surface area contributed by atoms with Crippen LogP contribution in [0.1, 0.15) is 28.2 Å². The van der Waals surface area contributed by atoms with Crippen LogP contribution in [0.15, 0.2) is 24.3 Å². The van der Waals surface area contributed by atoms with Crippen molar-refractivity contribution in [3.63, 3.8) is 0 Å². The van der Waals surface area contributed by atoms with E-state index in [0.29, 0.717) is 11.1 Å². The summed E-state index contributed by atoms with van der Waals surface area (Å²) in [6.07, 6.45) is 2.16. The molecule has 1 amide bonds. The van der Waals surface area contributed by atoms with Gasteiger partial charge in [0.1, 0.15) is 9.88 Å². The van der Waals surface area contributed by atoms with Gasteiger partial charge >= 0.3 is 0 Å². The number of nitrogens with one attached hydrogen (secondary N) is 1. The van der Waals surface area contributed by atoms with Gasteiger partial charge in [-0.2, -0.15) is 0 Å². The maximum Gasteiger partial charge on any atom is 0.265 e. The largest absolute Gasteiger partial charge is 0.336 e. The molecule has 0 bridgehead atoms. The predicted octanol–water partition coefficient (Wildman–Crippen LogP) is 3.60. The molecule has 0 radical (unpaired) electrons. The molecule has 0 spiro atoms. The molecule has 23 heavy (non-hydrogen) atoms. The van der Waals surface area contributed by atoms with Crippen molar-refractivity contribution in [1.82, 2.24) is 15.2 Å². The van der Waals surface area contributed by atoms with Gasteiger partial charge < -0.3 is 10.2 Å². The van der Waals surface area contributed by atoms with Crippen LogP contribution < -0.4 is 5.32 Å². The fourth-order valence-electron chi connectivity index (χ4n) is 2.85. The minimum Gasteiger partial charge on any atom is -0.336 e. The van der Waals surface area contributed by atoms with E-state index in [0.717, 1.165) is 47.1 Å². The molecule has 122 valence electrons. The summed E-state index contributed by atoms with van der Waals surface area (Å²) in [5, 5.41) is 4.84. The number of nitrogens with zero attached hydrogens (tertiary/aromatic N) is 2. The molecule has 1 saturated heterocycles. The van der Waals surface area contributed by atoms with E-state index in [4.69, 9.17) is 11.6 Å². The highest BCUT2D eigenvalue weighted by molar-refractivity contribution is 7.17. The summed E-state index contributed by atoms with van der Waals surface area (Å²) >= 11 is 7.39. The Bertz CT molecular complexity index is 698. The molecule has 1 aliphatic rings. The van der Waals surface area contributed by atoms with Crippen molar-refractivity contribution in [2.75, 3.05) is 20.1 Å². The van der Waals surface area contributed by atoms with Gasteiger partial charge in [0.2, 0.25) is 0 Å². The Labute approximate surface area is 145 Å². The van der Waals surface area contributed by atoms with Crippen molar-refractivity contribution in [3.05, 3.63) is 39.9 Å². The summed E-state index contributed by atoms with van der Waals surface area (Å²) in [5.74, 6) is 0.0974. The first-order valence-electron chi connectivity index (χ1n) is 7.78. The minimum absolute atomic E-state index is 0.0974. The van der Waals surface area contributed by atoms with Gasteiger partial charge in [-0.15, -0.1) is 11.3 Å². The molecule has 1 N–H and O–H groups in total. The third-order valence-corrected chi connectivity index (χ3v) is 5.65. The lowest BCUT2D eigenvalue weighted by Gasteiger charge is -2.32. The molecule has 0 saturated carbocycles. The Kier molecular flexibility index (Phi) is 4.99. The lowest BCUT2D eigenvalue weighted by Crippen LogP contribution is -2.46. The Morgan fingerprint density at radius 2 is 2.13 bits per heavy atom. The molecule has 3 rings (SSSR count). The Balaban J connectivity index is 1.83. The molecule has 1 fully saturated rings. The maximum atomic E-state index is 12.8. The molecule has 1 atom stereocenters. The normalized spacial score (nSPS) is 18.2. The second-order valence-corrected chi connectivity index (χ2v) is 7.25. The van der Waals surface area contributed by atoms with Crippen molar-refractivity contribution in [2.45, 2.75) is 25.8 Å². The fourth-order valence-corrected chi connectivity index (χ4v) is 4.02. The molecule has 1 aromatic carbocycles. The lowest BCUT2D eigenvalue weighted by molar-refractivity contribution is 0.0702. The molecule has 1 unspecified atom stereocenters. The number of amides is 1. The van der Waals surface area contributed by atoms with Crippen molar-refractivity contribution in [3.8, 4) is 10.6 Å². The first kappa shape index (κ1) is 16.4. The number of halogens is 1. The summed E-state index contributed by atoms with van der Waals surface area (Å²) in [6.45, 7) is 3.50. The number of aromatic nitrogens is 1. The average Bonchev–Trinajstić information content (AvgIpc) is 2.96. The number of likely N-dealkylation sites (N-methyl/N-ethyl adjacent to an activating group) is 1. The van der Waals surface area contributed by atoms with Crippen LogP contribution in [-0.2, 0) is 0 Å². The summed E-state index contributed by atoms with van der Waals surface area (Å²) in [4.78, 5) is 20.1. The number of carbonyl (C=O) groups is 1. The van der Waals surface area contributed by atoms with Gasteiger partial charge in [0, 0.05) is 29.7 Å². The summed E-state index contributed by atoms with van der Waals surface area (Å²) in [7, 11) is 1.95. The summed E-state index contributed by atoms with van der Waals surface area (Å²) < 4.78 is 0. The number of hydrogen-bond acceptors (Lipinski definition) is 4. The van der Waals surface area contributed by atoms with E-state index >= 15 is 0 Å². The van der Waals surface area contributed by atoms with E-state index < -0.39 is 0 Å². The van der Waals surface area contributed by atoms with Crippen molar-refractivity contribution >= 4 is 28.8 Å². The number of hydrogen-bond donors (Lipinski definition) is 1. The van der Waals surface area contributed by atoms with Crippen LogP contribution in [0.4, 0.5) is 0 Å². The number of carbonyl (C=O) groups excluding carboxylic acids is 1. The number of likely N-dealkylation sites (tertiary alicyclic amines) is 1. The quantitative estimate of drug-likeness (QED) is 0.920. The number of benzene rings is 1. The topological polar surface area (TPSA) is 45.2 Å². The number of thiazole rings is 1. The molecule has 4 nitrogen and oxygen atoms in total. The number of piperidine rings is 1. The van der Waals surface area contributed by atoms with Crippen LogP contribution in [-0.4, -0.2) is 42.0 Å². The van der Waals surface area contributed by atoms with Crippen LogP contribution >= 0.6 is 22.9 Å². The number of aryl methyl sites for hydroxylation is 1. The second kappa shape index (κ2) is 6.99. The van der Waals surface area contributed by atoms with Gasteiger partial charge in [-0.3, -0.25) is 4.79 Å². The average molecular weight is 350 g/mol. The SMILES string of the molecule is CNC1CCCN(C(=O)c2sc(-c3ccc(Cl)cc3)nc2C)C1. The first-order chi connectivity index (χ1) is 11.1. The smallest absolute Gasteiger partial charge is 0.265 e. The van der Waals surface area contributed by atoms with E-state index in [1.807, 2.05) is 43.1 Å². The standard InChI is InChI=1S/C17H20ClN3OS/c1-11-15(17(22)21-9-3-4-14(10-21)19-2)23-16(20-11)12-5-7-13(18)8-6-12/h5-8,14,19H,3-4,9-10H2,1-2H3. The highest BCUT2D eigenvalue weighted by Crippen LogP contribution is 2.30. The molecule has 6 heteroatoms. The van der Waals surface area contributed by atoms with Gasteiger partial charge in [-0.05, 0) is 38.9 Å². The van der Waals surface area contributed by atoms with Crippen molar-refractivity contribution < 1.29 is 4.79 Å². The van der Waals surface area contributed by atoms with Gasteiger partial charge in [0.25, 0.3) is 5.91 Å². The van der Waals surface area contributed by atoms with Crippen LogP contribution in [0.3, 0.4) is 0 Å². The lowest BCUT2D eigenvalue weighted by atomic mass is 10.1. The van der Waals surface area contributed by atoms with Crippen molar-refractivity contribution in [2.24, 2.45) is 0 Å². The zero-order chi connectivity index (χ0) is 16.4. The highest BCUT2D eigenvalue weighted by Gasteiger charge is 2.26. The van der Waals surface area contributed by atoms with Crippen molar-refractivity contribution in [1.29, 1.82) is 0 Å². The zero-order valence-corrected chi connectivity index (χ0v) is 14.9. The fraction of sp³-hybridized carbons (Fsp3) is 0.412. The van der Waals surface area contributed by atoms with Gasteiger partial charge in [0.15, 0.2) is 0 Å². The summed E-state index contributed by atoms with van der Waals surface area (Å²) in [5.41, 5.74) is 1.80. The Morgan fingerprint density at radius 3 is 2.83 bits per heavy atom. The van der Waals surface area contributed by atoms with Gasteiger partial charge in [-0.25, -0.2) is 4.98 Å². The minimum atomic E-state index is 0.0974. The monoisotopic (exact) mass is 349 g/mol. The Morgan fingerprint density at radius 1 is 1.39 bits per heavy atom. The maximum absolute atomic E-state index is 12.8. The molecule has 1 aromatic heterocycles. The van der Waals surface area contributed by atoms with E-state index in [9.17, 15) is 4.79 Å². The van der Waals surface area contributed by atoms with Crippen LogP contribution in [0.5, 0.6) is 0 Å². The Hall–Kier alpha value is -1.43.